The largest absolute Gasteiger partial charge is 0.394 e. The van der Waals surface area contributed by atoms with Gasteiger partial charge in [-0.1, -0.05) is 0 Å². The maximum Gasteiger partial charge on any atom is 0.251 e. The molecule has 0 aliphatic carbocycles. The van der Waals surface area contributed by atoms with Gasteiger partial charge in [-0.3, -0.25) is 4.79 Å². The van der Waals surface area contributed by atoms with E-state index in [1.807, 2.05) is 0 Å². The van der Waals surface area contributed by atoms with Crippen LogP contribution >= 0.6 is 0 Å². The summed E-state index contributed by atoms with van der Waals surface area (Å²) in [6.45, 7) is 3.16. The average molecular weight is 203 g/mol. The third-order valence-electron chi connectivity index (χ3n) is 2.36. The van der Waals surface area contributed by atoms with E-state index >= 15 is 0 Å². The lowest BCUT2D eigenvalue weighted by atomic mass is 10.2. The highest BCUT2D eigenvalue weighted by Gasteiger charge is 2.26. The van der Waals surface area contributed by atoms with Crippen LogP contribution in [0.2, 0.25) is 0 Å². The van der Waals surface area contributed by atoms with Crippen LogP contribution in [0.1, 0.15) is 6.92 Å². The Kier molecular flexibility index (Phi) is 4.31. The number of carbonyl (C=O) groups excluding carboxylic acids is 1. The molecule has 1 aliphatic rings. The summed E-state index contributed by atoms with van der Waals surface area (Å²) in [6, 6.07) is 0. The van der Waals surface area contributed by atoms with Crippen molar-refractivity contribution < 1.29 is 19.4 Å². The fraction of sp³-hybridized carbons (Fsp3) is 0.889. The maximum atomic E-state index is 11.7. The van der Waals surface area contributed by atoms with Gasteiger partial charge in [0.25, 0.3) is 5.91 Å². The van der Waals surface area contributed by atoms with Crippen LogP contribution in [0.5, 0.6) is 0 Å². The third-order valence-corrected chi connectivity index (χ3v) is 2.36. The summed E-state index contributed by atoms with van der Waals surface area (Å²) >= 11 is 0. The van der Waals surface area contributed by atoms with Gasteiger partial charge in [-0.05, 0) is 6.92 Å². The van der Waals surface area contributed by atoms with Crippen molar-refractivity contribution in [3.63, 3.8) is 0 Å². The molecule has 0 bridgehead atoms. The van der Waals surface area contributed by atoms with Crippen molar-refractivity contribution in [2.75, 3.05) is 33.4 Å². The lowest BCUT2D eigenvalue weighted by molar-refractivity contribution is -0.149. The van der Waals surface area contributed by atoms with Crippen molar-refractivity contribution in [3.05, 3.63) is 0 Å². The van der Waals surface area contributed by atoms with E-state index in [2.05, 4.69) is 0 Å². The second kappa shape index (κ2) is 5.29. The Bertz CT molecular complexity index is 197. The first-order valence-electron chi connectivity index (χ1n) is 4.73. The van der Waals surface area contributed by atoms with Gasteiger partial charge in [-0.2, -0.15) is 0 Å². The van der Waals surface area contributed by atoms with Crippen LogP contribution in [-0.2, 0) is 14.3 Å². The minimum Gasteiger partial charge on any atom is -0.394 e. The number of ether oxygens (including phenoxy) is 2. The molecule has 5 nitrogen and oxygen atoms in total. The Balaban J connectivity index is 2.47. The second-order valence-corrected chi connectivity index (χ2v) is 3.34. The van der Waals surface area contributed by atoms with Crippen LogP contribution in [-0.4, -0.2) is 61.5 Å². The normalized spacial score (nSPS) is 24.8. The van der Waals surface area contributed by atoms with Gasteiger partial charge in [-0.15, -0.1) is 0 Å². The van der Waals surface area contributed by atoms with Crippen LogP contribution in [0, 0.1) is 0 Å². The molecule has 1 rings (SSSR count). The molecule has 14 heavy (non-hydrogen) atoms. The molecule has 0 saturated carbocycles. The summed E-state index contributed by atoms with van der Waals surface area (Å²) in [4.78, 5) is 13.3. The summed E-state index contributed by atoms with van der Waals surface area (Å²) in [6.07, 6.45) is -0.677. The van der Waals surface area contributed by atoms with Crippen LogP contribution in [0.25, 0.3) is 0 Å². The van der Waals surface area contributed by atoms with E-state index in [4.69, 9.17) is 14.6 Å². The Hall–Kier alpha value is -0.650. The number of hydrogen-bond acceptors (Lipinski definition) is 4. The number of aliphatic hydroxyl groups excluding tert-OH is 1. The van der Waals surface area contributed by atoms with Crippen LogP contribution in [0.3, 0.4) is 0 Å². The monoisotopic (exact) mass is 203 g/mol. The van der Waals surface area contributed by atoms with Gasteiger partial charge in [-0.25, -0.2) is 0 Å². The molecule has 1 aliphatic heterocycles. The Labute approximate surface area is 83.6 Å². The Morgan fingerprint density at radius 3 is 3.07 bits per heavy atom. The quantitative estimate of drug-likeness (QED) is 0.655. The number of morpholine rings is 1. The SMILES string of the molecule is COC(C)C(=O)N1CCOC(CO)C1. The minimum atomic E-state index is -0.424. The molecule has 1 saturated heterocycles. The summed E-state index contributed by atoms with van der Waals surface area (Å²) in [5, 5.41) is 8.89. The molecule has 1 fully saturated rings. The van der Waals surface area contributed by atoms with Crippen molar-refractivity contribution in [1.29, 1.82) is 0 Å². The highest BCUT2D eigenvalue weighted by atomic mass is 16.5. The van der Waals surface area contributed by atoms with Crippen LogP contribution < -0.4 is 0 Å². The summed E-state index contributed by atoms with van der Waals surface area (Å²) in [5.41, 5.74) is 0. The van der Waals surface area contributed by atoms with Gasteiger partial charge < -0.3 is 19.5 Å². The number of methoxy groups -OCH3 is 1. The predicted octanol–water partition coefficient (Wildman–Crippen LogP) is -0.759. The van der Waals surface area contributed by atoms with Crippen molar-refractivity contribution >= 4 is 5.91 Å². The molecule has 2 unspecified atom stereocenters. The highest BCUT2D eigenvalue weighted by molar-refractivity contribution is 5.80. The Morgan fingerprint density at radius 2 is 2.50 bits per heavy atom. The van der Waals surface area contributed by atoms with Gasteiger partial charge in [0.05, 0.1) is 19.3 Å². The number of nitrogens with zero attached hydrogens (tertiary/aromatic N) is 1. The number of rotatable bonds is 3. The number of amides is 1. The van der Waals surface area contributed by atoms with Gasteiger partial charge in [0.1, 0.15) is 6.10 Å². The zero-order valence-electron chi connectivity index (χ0n) is 8.60. The first kappa shape index (κ1) is 11.4. The lowest BCUT2D eigenvalue weighted by Gasteiger charge is -2.33. The van der Waals surface area contributed by atoms with E-state index in [0.29, 0.717) is 19.7 Å². The molecular formula is C9H17NO4. The second-order valence-electron chi connectivity index (χ2n) is 3.34. The van der Waals surface area contributed by atoms with Crippen molar-refractivity contribution in [2.24, 2.45) is 0 Å². The molecule has 0 radical (unpaired) electrons. The van der Waals surface area contributed by atoms with E-state index in [1.165, 1.54) is 7.11 Å². The zero-order valence-corrected chi connectivity index (χ0v) is 8.60. The van der Waals surface area contributed by atoms with Crippen LogP contribution in [0.15, 0.2) is 0 Å². The lowest BCUT2D eigenvalue weighted by Crippen LogP contribution is -2.49. The van der Waals surface area contributed by atoms with E-state index in [9.17, 15) is 4.79 Å². The van der Waals surface area contributed by atoms with Crippen molar-refractivity contribution in [1.82, 2.24) is 4.90 Å². The van der Waals surface area contributed by atoms with E-state index in [-0.39, 0.29) is 18.6 Å². The van der Waals surface area contributed by atoms with E-state index in [0.717, 1.165) is 0 Å². The molecule has 2 atom stereocenters. The molecule has 1 amide bonds. The standard InChI is InChI=1S/C9H17NO4/c1-7(13-2)9(12)10-3-4-14-8(5-10)6-11/h7-8,11H,3-6H2,1-2H3. The predicted molar refractivity (Wildman–Crippen MR) is 49.9 cm³/mol. The molecule has 0 aromatic rings. The first-order valence-corrected chi connectivity index (χ1v) is 4.73. The van der Waals surface area contributed by atoms with Gasteiger partial charge in [0.15, 0.2) is 0 Å². The molecule has 82 valence electrons. The summed E-state index contributed by atoms with van der Waals surface area (Å²) in [7, 11) is 1.51. The molecule has 0 spiro atoms. The van der Waals surface area contributed by atoms with E-state index in [1.54, 1.807) is 11.8 Å². The van der Waals surface area contributed by atoms with Crippen LogP contribution in [0.4, 0.5) is 0 Å². The van der Waals surface area contributed by atoms with Crippen molar-refractivity contribution in [3.8, 4) is 0 Å². The van der Waals surface area contributed by atoms with Crippen molar-refractivity contribution in [2.45, 2.75) is 19.1 Å². The molecule has 5 heteroatoms. The topological polar surface area (TPSA) is 59.0 Å². The number of hydrogen-bond donors (Lipinski definition) is 1. The number of carbonyl (C=O) groups is 1. The molecule has 0 aromatic carbocycles. The van der Waals surface area contributed by atoms with E-state index < -0.39 is 6.10 Å². The fourth-order valence-electron chi connectivity index (χ4n) is 1.39. The molecule has 1 N–H and O–H groups in total. The fourth-order valence-corrected chi connectivity index (χ4v) is 1.39. The summed E-state index contributed by atoms with van der Waals surface area (Å²) < 4.78 is 10.2. The molecule has 1 heterocycles. The number of aliphatic hydroxyl groups is 1. The summed E-state index contributed by atoms with van der Waals surface area (Å²) in [5.74, 6) is -0.0470. The molecule has 0 aromatic heterocycles. The zero-order chi connectivity index (χ0) is 10.6. The highest BCUT2D eigenvalue weighted by Crippen LogP contribution is 2.07. The third kappa shape index (κ3) is 2.67. The maximum absolute atomic E-state index is 11.7. The van der Waals surface area contributed by atoms with Gasteiger partial charge in [0.2, 0.25) is 0 Å². The average Bonchev–Trinajstić information content (AvgIpc) is 2.27. The van der Waals surface area contributed by atoms with Gasteiger partial charge >= 0.3 is 0 Å². The minimum absolute atomic E-state index is 0.0470. The Morgan fingerprint density at radius 1 is 1.79 bits per heavy atom. The smallest absolute Gasteiger partial charge is 0.251 e. The first-order chi connectivity index (χ1) is 6.69. The molecular weight excluding hydrogens is 186 g/mol. The van der Waals surface area contributed by atoms with Gasteiger partial charge in [0, 0.05) is 20.2 Å².